The first-order valence-electron chi connectivity index (χ1n) is 7.32. The van der Waals surface area contributed by atoms with Gasteiger partial charge in [0.25, 0.3) is 11.6 Å². The zero-order valence-electron chi connectivity index (χ0n) is 12.7. The second kappa shape index (κ2) is 6.37. The van der Waals surface area contributed by atoms with Gasteiger partial charge in [-0.1, -0.05) is 0 Å². The van der Waals surface area contributed by atoms with Crippen molar-refractivity contribution >= 4 is 28.6 Å². The Kier molecular flexibility index (Phi) is 4.29. The minimum Gasteiger partial charge on any atom is -0.496 e. The lowest BCUT2D eigenvalue weighted by atomic mass is 10.1. The Labute approximate surface area is 137 Å². The van der Waals surface area contributed by atoms with Crippen molar-refractivity contribution in [1.29, 1.82) is 0 Å². The smallest absolute Gasteiger partial charge is 0.273 e. The number of anilines is 1. The topological polar surface area (TPSA) is 72.7 Å². The summed E-state index contributed by atoms with van der Waals surface area (Å²) in [7, 11) is 1.41. The second-order valence-corrected chi connectivity index (χ2v) is 6.29. The number of hydrogen-bond donors (Lipinski definition) is 0. The van der Waals surface area contributed by atoms with Crippen LogP contribution in [0.25, 0.3) is 0 Å². The van der Waals surface area contributed by atoms with Crippen LogP contribution in [-0.2, 0) is 6.42 Å². The first kappa shape index (κ1) is 15.5. The van der Waals surface area contributed by atoms with E-state index in [0.29, 0.717) is 12.1 Å². The number of hydrogen-bond acceptors (Lipinski definition) is 5. The summed E-state index contributed by atoms with van der Waals surface area (Å²) < 4.78 is 5.20. The summed E-state index contributed by atoms with van der Waals surface area (Å²) in [6.45, 7) is 0.642. The van der Waals surface area contributed by atoms with Gasteiger partial charge in [-0.05, 0) is 36.8 Å². The maximum Gasteiger partial charge on any atom is 0.273 e. The van der Waals surface area contributed by atoms with Gasteiger partial charge in [-0.25, -0.2) is 0 Å². The minimum absolute atomic E-state index is 0.0921. The van der Waals surface area contributed by atoms with Crippen LogP contribution < -0.4 is 9.64 Å². The molecule has 1 aliphatic rings. The largest absolute Gasteiger partial charge is 0.496 e. The predicted molar refractivity (Wildman–Crippen MR) is 88.6 cm³/mol. The molecule has 120 valence electrons. The molecule has 3 rings (SSSR count). The average Bonchev–Trinajstić information content (AvgIpc) is 2.93. The molecule has 0 radical (unpaired) electrons. The number of benzene rings is 1. The number of carbonyl (C=O) groups is 1. The molecule has 0 spiro atoms. The summed E-state index contributed by atoms with van der Waals surface area (Å²) in [6, 6.07) is 6.05. The number of fused-ring (bicyclic) bond motifs is 1. The molecule has 0 unspecified atom stereocenters. The zero-order valence-corrected chi connectivity index (χ0v) is 13.5. The highest BCUT2D eigenvalue weighted by Crippen LogP contribution is 2.34. The Morgan fingerprint density at radius 1 is 1.35 bits per heavy atom. The summed E-state index contributed by atoms with van der Waals surface area (Å²) in [6.07, 6.45) is 2.96. The molecule has 0 fully saturated rings. The van der Waals surface area contributed by atoms with E-state index in [0.717, 1.165) is 24.9 Å². The van der Waals surface area contributed by atoms with E-state index < -0.39 is 4.92 Å². The van der Waals surface area contributed by atoms with E-state index >= 15 is 0 Å². The zero-order chi connectivity index (χ0) is 16.4. The van der Waals surface area contributed by atoms with Crippen molar-refractivity contribution in [3.05, 3.63) is 50.2 Å². The molecule has 2 heterocycles. The number of non-ortho nitro benzene ring substituents is 1. The van der Waals surface area contributed by atoms with Crippen molar-refractivity contribution < 1.29 is 14.5 Å². The van der Waals surface area contributed by atoms with Gasteiger partial charge in [0, 0.05) is 17.5 Å². The highest BCUT2D eigenvalue weighted by molar-refractivity contribution is 7.10. The molecular formula is C16H16N2O4S. The van der Waals surface area contributed by atoms with Crippen molar-refractivity contribution in [1.82, 2.24) is 0 Å². The SMILES string of the molecule is COc1cc([N+](=O)[O-])ccc1C(=O)N1CCCCc2sccc21. The number of nitro benzene ring substituents is 1. The van der Waals surface area contributed by atoms with E-state index in [-0.39, 0.29) is 17.3 Å². The highest BCUT2D eigenvalue weighted by atomic mass is 32.1. The van der Waals surface area contributed by atoms with Gasteiger partial charge in [0.05, 0.1) is 29.4 Å². The van der Waals surface area contributed by atoms with Gasteiger partial charge in [-0.15, -0.1) is 11.3 Å². The fraction of sp³-hybridized carbons (Fsp3) is 0.312. The minimum atomic E-state index is -0.500. The van der Waals surface area contributed by atoms with Gasteiger partial charge >= 0.3 is 0 Å². The molecule has 1 aliphatic heterocycles. The first-order valence-corrected chi connectivity index (χ1v) is 8.20. The normalized spacial score (nSPS) is 14.0. The molecule has 2 aromatic rings. The standard InChI is InChI=1S/C16H16N2O4S/c1-22-14-10-11(18(20)21)5-6-12(14)16(19)17-8-3-2-4-15-13(17)7-9-23-15/h5-7,9-10H,2-4,8H2,1H3. The van der Waals surface area contributed by atoms with Crippen molar-refractivity contribution in [3.63, 3.8) is 0 Å². The summed E-state index contributed by atoms with van der Waals surface area (Å²) in [4.78, 5) is 26.3. The van der Waals surface area contributed by atoms with Crippen molar-refractivity contribution in [2.45, 2.75) is 19.3 Å². The van der Waals surface area contributed by atoms with Crippen LogP contribution in [-0.4, -0.2) is 24.5 Å². The number of carbonyl (C=O) groups excluding carboxylic acids is 1. The number of methoxy groups -OCH3 is 1. The molecular weight excluding hydrogens is 316 g/mol. The van der Waals surface area contributed by atoms with Crippen LogP contribution in [0.2, 0.25) is 0 Å². The van der Waals surface area contributed by atoms with Crippen LogP contribution in [0.15, 0.2) is 29.6 Å². The van der Waals surface area contributed by atoms with Gasteiger partial charge in [-0.2, -0.15) is 0 Å². The summed E-state index contributed by atoms with van der Waals surface area (Å²) in [5.74, 6) is 0.0449. The van der Waals surface area contributed by atoms with E-state index in [9.17, 15) is 14.9 Å². The van der Waals surface area contributed by atoms with Gasteiger partial charge in [0.15, 0.2) is 0 Å². The maximum absolute atomic E-state index is 13.0. The Morgan fingerprint density at radius 3 is 2.91 bits per heavy atom. The molecule has 7 heteroatoms. The van der Waals surface area contributed by atoms with E-state index in [2.05, 4.69) is 0 Å². The molecule has 0 atom stereocenters. The summed E-state index contributed by atoms with van der Waals surface area (Å²) in [5.41, 5.74) is 1.19. The van der Waals surface area contributed by atoms with Gasteiger partial charge < -0.3 is 9.64 Å². The Balaban J connectivity index is 1.99. The van der Waals surface area contributed by atoms with Gasteiger partial charge in [-0.3, -0.25) is 14.9 Å². The molecule has 0 N–H and O–H groups in total. The Hall–Kier alpha value is -2.41. The molecule has 0 bridgehead atoms. The lowest BCUT2D eigenvalue weighted by Gasteiger charge is -2.22. The fourth-order valence-electron chi connectivity index (χ4n) is 2.76. The predicted octanol–water partition coefficient (Wildman–Crippen LogP) is 3.65. The molecule has 23 heavy (non-hydrogen) atoms. The van der Waals surface area contributed by atoms with E-state index in [1.807, 2.05) is 11.4 Å². The highest BCUT2D eigenvalue weighted by Gasteiger charge is 2.26. The first-order chi connectivity index (χ1) is 11.1. The van der Waals surface area contributed by atoms with Gasteiger partial charge in [0.2, 0.25) is 0 Å². The molecule has 0 saturated heterocycles. The molecule has 0 aliphatic carbocycles. The van der Waals surface area contributed by atoms with Crippen molar-refractivity contribution in [2.75, 3.05) is 18.6 Å². The quantitative estimate of drug-likeness (QED) is 0.635. The fourth-order valence-corrected chi connectivity index (χ4v) is 3.69. The number of nitrogens with zero attached hydrogens (tertiary/aromatic N) is 2. The van der Waals surface area contributed by atoms with Crippen molar-refractivity contribution in [3.8, 4) is 5.75 Å². The van der Waals surface area contributed by atoms with Crippen LogP contribution in [0, 0.1) is 10.1 Å². The average molecular weight is 332 g/mol. The Morgan fingerprint density at radius 2 is 2.17 bits per heavy atom. The summed E-state index contributed by atoms with van der Waals surface area (Å²) in [5, 5.41) is 12.9. The molecule has 0 saturated carbocycles. The monoisotopic (exact) mass is 332 g/mol. The third-order valence-corrected chi connectivity index (χ3v) is 4.89. The maximum atomic E-state index is 13.0. The summed E-state index contributed by atoms with van der Waals surface area (Å²) >= 11 is 1.66. The molecule has 1 aromatic heterocycles. The Bertz CT molecular complexity index is 756. The van der Waals surface area contributed by atoms with Crippen molar-refractivity contribution in [2.24, 2.45) is 0 Å². The number of ether oxygens (including phenoxy) is 1. The van der Waals surface area contributed by atoms with Crippen LogP contribution in [0.1, 0.15) is 28.1 Å². The molecule has 1 aromatic carbocycles. The molecule has 1 amide bonds. The molecule has 6 nitrogen and oxygen atoms in total. The second-order valence-electron chi connectivity index (χ2n) is 5.28. The van der Waals surface area contributed by atoms with Gasteiger partial charge in [0.1, 0.15) is 5.75 Å². The van der Waals surface area contributed by atoms with Crippen LogP contribution in [0.4, 0.5) is 11.4 Å². The third kappa shape index (κ3) is 2.92. The van der Waals surface area contributed by atoms with Crippen LogP contribution in [0.3, 0.4) is 0 Å². The lowest BCUT2D eigenvalue weighted by molar-refractivity contribution is -0.384. The number of amides is 1. The van der Waals surface area contributed by atoms with E-state index in [1.54, 1.807) is 16.2 Å². The van der Waals surface area contributed by atoms with E-state index in [4.69, 9.17) is 4.74 Å². The number of aryl methyl sites for hydroxylation is 1. The van der Waals surface area contributed by atoms with E-state index in [1.165, 1.54) is 30.2 Å². The third-order valence-electron chi connectivity index (χ3n) is 3.92. The van der Waals surface area contributed by atoms with Crippen LogP contribution in [0.5, 0.6) is 5.75 Å². The number of rotatable bonds is 3. The number of nitro groups is 1. The lowest BCUT2D eigenvalue weighted by Crippen LogP contribution is -2.31. The van der Waals surface area contributed by atoms with Crippen LogP contribution >= 0.6 is 11.3 Å². The number of thiophene rings is 1.